The molecule has 0 radical (unpaired) electrons. The number of carbonyl (C=O) groups excluding carboxylic acids is 3. The second-order valence-electron chi connectivity index (χ2n) is 10.4. The van der Waals surface area contributed by atoms with Gasteiger partial charge in [0.15, 0.2) is 0 Å². The average Bonchev–Trinajstić information content (AvgIpc) is 2.96. The lowest BCUT2D eigenvalue weighted by molar-refractivity contribution is -0.127. The number of benzene rings is 1. The molecule has 3 N–H and O–H groups in total. The Morgan fingerprint density at radius 3 is 2.38 bits per heavy atom. The summed E-state index contributed by atoms with van der Waals surface area (Å²) in [5.41, 5.74) is 3.05. The number of anilines is 1. The van der Waals surface area contributed by atoms with Crippen molar-refractivity contribution in [3.05, 3.63) is 41.6 Å². The van der Waals surface area contributed by atoms with E-state index in [0.29, 0.717) is 71.3 Å². The van der Waals surface area contributed by atoms with Gasteiger partial charge in [-0.05, 0) is 44.4 Å². The Morgan fingerprint density at radius 1 is 1.02 bits per heavy atom. The Bertz CT molecular complexity index is 966. The number of carbonyl (C=O) groups is 3. The van der Waals surface area contributed by atoms with Gasteiger partial charge >= 0.3 is 0 Å². The van der Waals surface area contributed by atoms with Crippen LogP contribution in [0.5, 0.6) is 0 Å². The van der Waals surface area contributed by atoms with Crippen LogP contribution in [0.1, 0.15) is 60.9 Å². The van der Waals surface area contributed by atoms with Gasteiger partial charge in [0.25, 0.3) is 0 Å². The van der Waals surface area contributed by atoms with Crippen LogP contribution in [-0.2, 0) is 30.3 Å². The van der Waals surface area contributed by atoms with Crippen molar-refractivity contribution < 1.29 is 28.6 Å². The molecule has 1 heterocycles. The predicted molar refractivity (Wildman–Crippen MR) is 154 cm³/mol. The molecule has 10 nitrogen and oxygen atoms in total. The first kappa shape index (κ1) is 31.7. The van der Waals surface area contributed by atoms with Gasteiger partial charge in [0.05, 0.1) is 45.7 Å². The third-order valence-corrected chi connectivity index (χ3v) is 7.43. The fourth-order valence-corrected chi connectivity index (χ4v) is 5.15. The number of hydrogen-bond acceptors (Lipinski definition) is 8. The van der Waals surface area contributed by atoms with Crippen LogP contribution in [0.2, 0.25) is 0 Å². The van der Waals surface area contributed by atoms with Crippen molar-refractivity contribution in [1.29, 1.82) is 0 Å². The normalized spacial score (nSPS) is 18.0. The zero-order valence-corrected chi connectivity index (χ0v) is 23.9. The molecule has 0 spiro atoms. The standard InChI is InChI=1S/C30H46N4O6/c1-23-11-12-28(30(37)33-23)34(2)21-26-25(22-35)9-6-10-27(26)31-13-15-38-17-19-40-20-18-39-16-14-32-29(36)24-7-4-3-5-8-24/h6,9-10,22,24,28,31H,1,3-5,7-8,11-21H2,2H3,(H,32,36)(H,33,37). The number of hydrogen-bond donors (Lipinski definition) is 3. The van der Waals surface area contributed by atoms with Crippen LogP contribution in [0.3, 0.4) is 0 Å². The lowest BCUT2D eigenvalue weighted by Crippen LogP contribution is -2.47. The third kappa shape index (κ3) is 10.6. The number of aldehydes is 1. The van der Waals surface area contributed by atoms with E-state index in [1.54, 1.807) is 6.07 Å². The Kier molecular flexibility index (Phi) is 14.1. The van der Waals surface area contributed by atoms with Gasteiger partial charge in [-0.3, -0.25) is 19.3 Å². The molecule has 1 aliphatic heterocycles. The van der Waals surface area contributed by atoms with Crippen LogP contribution in [0, 0.1) is 5.92 Å². The molecule has 222 valence electrons. The smallest absolute Gasteiger partial charge is 0.241 e. The molecule has 1 aromatic rings. The Balaban J connectivity index is 1.24. The van der Waals surface area contributed by atoms with Crippen LogP contribution < -0.4 is 16.0 Å². The summed E-state index contributed by atoms with van der Waals surface area (Å²) in [5.74, 6) is 0.277. The molecule has 1 aliphatic carbocycles. The number of rotatable bonds is 18. The van der Waals surface area contributed by atoms with E-state index in [2.05, 4.69) is 22.5 Å². The molecule has 40 heavy (non-hydrogen) atoms. The minimum absolute atomic E-state index is 0.0580. The van der Waals surface area contributed by atoms with E-state index in [-0.39, 0.29) is 23.8 Å². The summed E-state index contributed by atoms with van der Waals surface area (Å²) in [4.78, 5) is 38.2. The minimum atomic E-state index is -0.265. The molecule has 1 aromatic carbocycles. The van der Waals surface area contributed by atoms with Crippen molar-refractivity contribution in [2.75, 3.05) is 65.1 Å². The van der Waals surface area contributed by atoms with Gasteiger partial charge in [-0.15, -0.1) is 0 Å². The highest BCUT2D eigenvalue weighted by molar-refractivity contribution is 5.84. The lowest BCUT2D eigenvalue weighted by atomic mass is 9.89. The summed E-state index contributed by atoms with van der Waals surface area (Å²) in [5, 5.41) is 9.14. The second-order valence-corrected chi connectivity index (χ2v) is 10.4. The van der Waals surface area contributed by atoms with E-state index < -0.39 is 0 Å². The maximum atomic E-state index is 12.4. The van der Waals surface area contributed by atoms with Crippen molar-refractivity contribution >= 4 is 23.8 Å². The number of nitrogens with one attached hydrogen (secondary N) is 3. The zero-order chi connectivity index (χ0) is 28.6. The molecule has 2 amide bonds. The third-order valence-electron chi connectivity index (χ3n) is 7.43. The summed E-state index contributed by atoms with van der Waals surface area (Å²) < 4.78 is 16.7. The fourth-order valence-electron chi connectivity index (χ4n) is 5.15. The Morgan fingerprint density at radius 2 is 1.70 bits per heavy atom. The van der Waals surface area contributed by atoms with Gasteiger partial charge in [0, 0.05) is 42.5 Å². The van der Waals surface area contributed by atoms with Crippen molar-refractivity contribution in [2.45, 2.75) is 57.5 Å². The van der Waals surface area contributed by atoms with Gasteiger partial charge in [-0.1, -0.05) is 38.0 Å². The molecule has 1 saturated carbocycles. The number of piperidine rings is 1. The molecule has 2 aliphatic rings. The quantitative estimate of drug-likeness (QED) is 0.186. The molecular formula is C30H46N4O6. The molecule has 1 atom stereocenters. The van der Waals surface area contributed by atoms with E-state index in [0.717, 1.165) is 55.3 Å². The van der Waals surface area contributed by atoms with Crippen molar-refractivity contribution in [1.82, 2.24) is 15.5 Å². The average molecular weight is 559 g/mol. The van der Waals surface area contributed by atoms with Crippen molar-refractivity contribution in [2.24, 2.45) is 5.92 Å². The van der Waals surface area contributed by atoms with Gasteiger partial charge < -0.3 is 30.2 Å². The van der Waals surface area contributed by atoms with E-state index in [1.165, 1.54) is 6.42 Å². The van der Waals surface area contributed by atoms with E-state index in [4.69, 9.17) is 14.2 Å². The number of allylic oxidation sites excluding steroid dienone is 1. The first-order valence-corrected chi connectivity index (χ1v) is 14.5. The highest BCUT2D eigenvalue weighted by atomic mass is 16.5. The van der Waals surface area contributed by atoms with Crippen molar-refractivity contribution in [3.63, 3.8) is 0 Å². The summed E-state index contributed by atoms with van der Waals surface area (Å²) in [6, 6.07) is 5.30. The second kappa shape index (κ2) is 17.8. The zero-order valence-electron chi connectivity index (χ0n) is 23.9. The van der Waals surface area contributed by atoms with Gasteiger partial charge in [-0.2, -0.15) is 0 Å². The Labute approximate surface area is 238 Å². The van der Waals surface area contributed by atoms with Crippen molar-refractivity contribution in [3.8, 4) is 0 Å². The number of amides is 2. The topological polar surface area (TPSA) is 118 Å². The summed E-state index contributed by atoms with van der Waals surface area (Å²) >= 11 is 0. The molecule has 2 fully saturated rings. The molecular weight excluding hydrogens is 512 g/mol. The molecule has 3 rings (SSSR count). The van der Waals surface area contributed by atoms with Gasteiger partial charge in [0.2, 0.25) is 11.8 Å². The number of nitrogens with zero attached hydrogens (tertiary/aromatic N) is 1. The minimum Gasteiger partial charge on any atom is -0.382 e. The SMILES string of the molecule is C=C1CCC(N(C)Cc2c(C=O)cccc2NCCOCCOCCOCCNC(=O)C2CCCCC2)C(=O)N1. The maximum absolute atomic E-state index is 12.4. The van der Waals surface area contributed by atoms with Crippen LogP contribution in [-0.4, -0.2) is 88.8 Å². The largest absolute Gasteiger partial charge is 0.382 e. The van der Waals surface area contributed by atoms with Gasteiger partial charge in [-0.25, -0.2) is 0 Å². The highest BCUT2D eigenvalue weighted by Gasteiger charge is 2.28. The molecule has 10 heteroatoms. The first-order valence-electron chi connectivity index (χ1n) is 14.5. The highest BCUT2D eigenvalue weighted by Crippen LogP contribution is 2.24. The molecule has 1 saturated heterocycles. The van der Waals surface area contributed by atoms with E-state index >= 15 is 0 Å². The van der Waals surface area contributed by atoms with Crippen LogP contribution in [0.4, 0.5) is 5.69 Å². The summed E-state index contributed by atoms with van der Waals surface area (Å²) in [6.07, 6.45) is 7.85. The maximum Gasteiger partial charge on any atom is 0.241 e. The molecule has 0 aromatic heterocycles. The van der Waals surface area contributed by atoms with Crippen LogP contribution in [0.15, 0.2) is 30.5 Å². The number of likely N-dealkylation sites (N-methyl/N-ethyl adjacent to an activating group) is 1. The Hall–Kier alpha value is -2.79. The number of ether oxygens (including phenoxy) is 3. The van der Waals surface area contributed by atoms with Gasteiger partial charge in [0.1, 0.15) is 6.29 Å². The van der Waals surface area contributed by atoms with E-state index in [1.807, 2.05) is 24.1 Å². The van der Waals surface area contributed by atoms with Crippen LogP contribution >= 0.6 is 0 Å². The lowest BCUT2D eigenvalue weighted by Gasteiger charge is -2.32. The molecule has 0 bridgehead atoms. The summed E-state index contributed by atoms with van der Waals surface area (Å²) in [7, 11) is 1.90. The summed E-state index contributed by atoms with van der Waals surface area (Å²) in [6.45, 7) is 8.25. The van der Waals surface area contributed by atoms with Crippen LogP contribution in [0.25, 0.3) is 0 Å². The predicted octanol–water partition coefficient (Wildman–Crippen LogP) is 2.88. The van der Waals surface area contributed by atoms with E-state index in [9.17, 15) is 14.4 Å². The molecule has 1 unspecified atom stereocenters. The fraction of sp³-hybridized carbons (Fsp3) is 0.633. The monoisotopic (exact) mass is 558 g/mol. The first-order chi connectivity index (χ1) is 19.5.